The molecule has 0 bridgehead atoms. The second kappa shape index (κ2) is 7.60. The van der Waals surface area contributed by atoms with Crippen molar-refractivity contribution < 1.29 is 17.5 Å². The topological polar surface area (TPSA) is 120 Å². The summed E-state index contributed by atoms with van der Waals surface area (Å²) < 4.78 is 48.6. The first kappa shape index (κ1) is 21.2. The van der Waals surface area contributed by atoms with Gasteiger partial charge in [0, 0.05) is 19.7 Å². The van der Waals surface area contributed by atoms with Crippen LogP contribution < -0.4 is 10.2 Å². The van der Waals surface area contributed by atoms with Gasteiger partial charge in [-0.1, -0.05) is 0 Å². The fourth-order valence-corrected chi connectivity index (χ4v) is 5.91. The molecule has 6 rings (SSSR count). The minimum atomic E-state index is -3.69. The number of imidazole rings is 1. The van der Waals surface area contributed by atoms with Gasteiger partial charge in [0.2, 0.25) is 11.9 Å². The van der Waals surface area contributed by atoms with Crippen molar-refractivity contribution in [1.82, 2.24) is 28.7 Å². The molecule has 1 unspecified atom stereocenters. The van der Waals surface area contributed by atoms with Crippen LogP contribution in [-0.2, 0) is 14.8 Å². The summed E-state index contributed by atoms with van der Waals surface area (Å²) in [6.07, 6.45) is 2.70. The molecule has 1 atom stereocenters. The number of hydrogen-bond acceptors (Lipinski definition) is 9. The lowest BCUT2D eigenvalue weighted by molar-refractivity contribution is 0.0987. The molecule has 1 saturated carbocycles. The number of nitrogens with one attached hydrogen (secondary N) is 1. The molecular weight excluding hydrogens is 463 g/mol. The first-order valence-corrected chi connectivity index (χ1v) is 12.6. The molecule has 1 N–H and O–H groups in total. The zero-order valence-corrected chi connectivity index (χ0v) is 19.5. The highest BCUT2D eigenvalue weighted by molar-refractivity contribution is 7.90. The monoisotopic (exact) mass is 486 g/mol. The predicted octanol–water partition coefficient (Wildman–Crippen LogP) is 1.91. The van der Waals surface area contributed by atoms with Crippen LogP contribution in [0.2, 0.25) is 0 Å². The summed E-state index contributed by atoms with van der Waals surface area (Å²) in [4.78, 5) is 16.0. The molecule has 178 valence electrons. The van der Waals surface area contributed by atoms with Gasteiger partial charge in [-0.25, -0.2) is 22.4 Å². The third-order valence-electron chi connectivity index (χ3n) is 6.23. The molecule has 3 aromatic heterocycles. The number of halogens is 1. The van der Waals surface area contributed by atoms with Gasteiger partial charge in [-0.05, 0) is 31.9 Å². The van der Waals surface area contributed by atoms with Crippen LogP contribution in [0.1, 0.15) is 19.8 Å². The Morgan fingerprint density at radius 1 is 1.21 bits per heavy atom. The lowest BCUT2D eigenvalue weighted by atomic mass is 10.2. The Morgan fingerprint density at radius 2 is 2.03 bits per heavy atom. The van der Waals surface area contributed by atoms with E-state index in [1.54, 1.807) is 17.7 Å². The van der Waals surface area contributed by atoms with Gasteiger partial charge in [0.25, 0.3) is 10.0 Å². The average molecular weight is 487 g/mol. The fourth-order valence-electron chi connectivity index (χ4n) is 4.33. The van der Waals surface area contributed by atoms with E-state index in [0.29, 0.717) is 60.8 Å². The van der Waals surface area contributed by atoms with Gasteiger partial charge in [0.05, 0.1) is 47.1 Å². The van der Waals surface area contributed by atoms with E-state index in [0.717, 1.165) is 4.09 Å². The van der Waals surface area contributed by atoms with E-state index >= 15 is 0 Å². The summed E-state index contributed by atoms with van der Waals surface area (Å²) in [6.45, 7) is 3.61. The number of hydrogen-bond donors (Lipinski definition) is 1. The van der Waals surface area contributed by atoms with Crippen molar-refractivity contribution >= 4 is 43.9 Å². The van der Waals surface area contributed by atoms with Gasteiger partial charge < -0.3 is 15.0 Å². The quantitative estimate of drug-likeness (QED) is 0.451. The Kier molecular flexibility index (Phi) is 4.74. The van der Waals surface area contributed by atoms with Crippen molar-refractivity contribution in [1.29, 1.82) is 0 Å². The summed E-state index contributed by atoms with van der Waals surface area (Å²) >= 11 is 0. The number of fused-ring (bicyclic) bond motifs is 2. The highest BCUT2D eigenvalue weighted by Gasteiger charge is 2.39. The van der Waals surface area contributed by atoms with Crippen LogP contribution in [0.25, 0.3) is 28.0 Å². The normalized spacial score (nSPS) is 19.3. The van der Waals surface area contributed by atoms with E-state index in [1.165, 1.54) is 18.3 Å². The molecule has 0 radical (unpaired) electrons. The largest absolute Gasteiger partial charge is 0.377 e. The van der Waals surface area contributed by atoms with Gasteiger partial charge in [-0.15, -0.1) is 4.09 Å². The molecule has 1 aliphatic heterocycles. The van der Waals surface area contributed by atoms with Gasteiger partial charge in [-0.2, -0.15) is 15.1 Å². The Bertz CT molecular complexity index is 1530. The van der Waals surface area contributed by atoms with Gasteiger partial charge >= 0.3 is 0 Å². The smallest absolute Gasteiger partial charge is 0.258 e. The maximum absolute atomic E-state index is 14.2. The molecular formula is C21H23FN8O3S. The van der Waals surface area contributed by atoms with Crippen LogP contribution in [0.4, 0.5) is 16.2 Å². The van der Waals surface area contributed by atoms with Gasteiger partial charge in [0.1, 0.15) is 11.6 Å². The average Bonchev–Trinajstić information content (AvgIpc) is 3.50. The summed E-state index contributed by atoms with van der Waals surface area (Å²) in [5.74, 6) is 0.692. The van der Waals surface area contributed by atoms with Crippen molar-refractivity contribution in [2.24, 2.45) is 0 Å². The number of nitrogens with zero attached hydrogens (tertiary/aromatic N) is 7. The molecule has 1 saturated heterocycles. The Balaban J connectivity index is 1.66. The molecule has 2 aliphatic rings. The fraction of sp³-hybridized carbons (Fsp3) is 0.429. The molecule has 0 amide bonds. The molecule has 11 nitrogen and oxygen atoms in total. The maximum atomic E-state index is 14.2. The van der Waals surface area contributed by atoms with Crippen molar-refractivity contribution in [2.45, 2.75) is 31.1 Å². The van der Waals surface area contributed by atoms with Crippen molar-refractivity contribution in [2.75, 3.05) is 37.0 Å². The summed E-state index contributed by atoms with van der Waals surface area (Å²) in [5.41, 5.74) is 1.20. The van der Waals surface area contributed by atoms with E-state index in [1.807, 2.05) is 6.92 Å². The van der Waals surface area contributed by atoms with E-state index in [-0.39, 0.29) is 17.6 Å². The number of ether oxygens (including phenoxy) is 1. The van der Waals surface area contributed by atoms with Crippen LogP contribution in [0.3, 0.4) is 0 Å². The first-order chi connectivity index (χ1) is 16.4. The lowest BCUT2D eigenvalue weighted by Gasteiger charge is -2.34. The third kappa shape index (κ3) is 3.21. The number of rotatable bonds is 5. The van der Waals surface area contributed by atoms with E-state index in [9.17, 15) is 12.8 Å². The van der Waals surface area contributed by atoms with Crippen molar-refractivity contribution in [3.05, 3.63) is 30.2 Å². The second-order valence-electron chi connectivity index (χ2n) is 8.59. The zero-order chi connectivity index (χ0) is 23.6. The molecule has 1 aromatic carbocycles. The van der Waals surface area contributed by atoms with Crippen LogP contribution in [0, 0.1) is 5.82 Å². The minimum Gasteiger partial charge on any atom is -0.377 e. The van der Waals surface area contributed by atoms with Crippen LogP contribution in [0.15, 0.2) is 24.4 Å². The summed E-state index contributed by atoms with van der Waals surface area (Å²) in [7, 11) is -2.00. The third-order valence-corrected chi connectivity index (χ3v) is 8.30. The number of benzene rings is 1. The van der Waals surface area contributed by atoms with E-state index < -0.39 is 21.1 Å². The van der Waals surface area contributed by atoms with Gasteiger partial charge in [0.15, 0.2) is 5.65 Å². The molecule has 34 heavy (non-hydrogen) atoms. The Morgan fingerprint density at radius 3 is 2.76 bits per heavy atom. The van der Waals surface area contributed by atoms with Crippen molar-refractivity contribution in [3.63, 3.8) is 0 Å². The standard InChI is InChI=1S/C21H23FN8O3S/c1-12-11-33-8-7-28(12)18-15-10-24-30(34(31,32)14-4-5-14)19(15)27-21(26-18)29-17-9-13(22)3-6-16(17)25-20(29)23-2/h3,6,9-10,12,14H,4-5,7-8,11H2,1-2H3,(H,23,25). The molecule has 1 aliphatic carbocycles. The first-order valence-electron chi connectivity index (χ1n) is 11.1. The summed E-state index contributed by atoms with van der Waals surface area (Å²) in [5, 5.41) is 7.29. The second-order valence-corrected chi connectivity index (χ2v) is 10.6. The predicted molar refractivity (Wildman–Crippen MR) is 124 cm³/mol. The van der Waals surface area contributed by atoms with Crippen LogP contribution in [0.5, 0.6) is 0 Å². The van der Waals surface area contributed by atoms with Crippen molar-refractivity contribution in [3.8, 4) is 5.95 Å². The molecule has 2 fully saturated rings. The molecule has 4 aromatic rings. The van der Waals surface area contributed by atoms with Gasteiger partial charge in [-0.3, -0.25) is 0 Å². The van der Waals surface area contributed by atoms with Crippen LogP contribution in [-0.4, -0.2) is 75.2 Å². The summed E-state index contributed by atoms with van der Waals surface area (Å²) in [6, 6.07) is 4.27. The Hall–Kier alpha value is -3.32. The maximum Gasteiger partial charge on any atom is 0.258 e. The zero-order valence-electron chi connectivity index (χ0n) is 18.6. The Labute approximate surface area is 194 Å². The number of aromatic nitrogens is 6. The number of morpholine rings is 1. The van der Waals surface area contributed by atoms with E-state index in [2.05, 4.69) is 25.3 Å². The SMILES string of the molecule is CNc1nc2ccc(F)cc2n1-c1nc(N2CCOCC2C)c2cnn(S(=O)(=O)C3CC3)c2n1. The lowest BCUT2D eigenvalue weighted by Crippen LogP contribution is -2.44. The number of anilines is 2. The highest BCUT2D eigenvalue weighted by Crippen LogP contribution is 2.34. The van der Waals surface area contributed by atoms with Crippen LogP contribution >= 0.6 is 0 Å². The molecule has 13 heteroatoms. The highest BCUT2D eigenvalue weighted by atomic mass is 32.2. The minimum absolute atomic E-state index is 0.00355. The molecule has 0 spiro atoms. The molecule has 4 heterocycles. The van der Waals surface area contributed by atoms with E-state index in [4.69, 9.17) is 9.72 Å².